The number of hydrogen-bond acceptors (Lipinski definition) is 4. The van der Waals surface area contributed by atoms with E-state index >= 15 is 0 Å². The minimum atomic E-state index is -0.0616. The molecule has 0 radical (unpaired) electrons. The molecule has 7 heteroatoms. The average molecular weight is 329 g/mol. The highest BCUT2D eigenvalue weighted by atomic mass is 16.5. The molecular weight excluding hydrogens is 306 g/mol. The largest absolute Gasteiger partial charge is 0.376 e. The Kier molecular flexibility index (Phi) is 3.88. The summed E-state index contributed by atoms with van der Waals surface area (Å²) in [6, 6.07) is 2.03. The van der Waals surface area contributed by atoms with Crippen molar-refractivity contribution in [3.8, 4) is 0 Å². The van der Waals surface area contributed by atoms with E-state index in [0.29, 0.717) is 19.1 Å². The minimum absolute atomic E-state index is 0.0299. The molecule has 2 aliphatic rings. The molecule has 1 saturated heterocycles. The molecule has 128 valence electrons. The second-order valence-electron chi connectivity index (χ2n) is 6.85. The maximum atomic E-state index is 12.8. The number of carbonyl (C=O) groups is 1. The Labute approximate surface area is 140 Å². The SMILES string of the molecule is Cc1nc([C@@H]2CCO[C@@H]2CN(C)C(=O)c2[nH]ccc2C2CC2)n[nH]1. The number of nitrogens with zero attached hydrogens (tertiary/aromatic N) is 3. The van der Waals surface area contributed by atoms with Crippen LogP contribution < -0.4 is 0 Å². The number of nitrogens with one attached hydrogen (secondary N) is 2. The summed E-state index contributed by atoms with van der Waals surface area (Å²) < 4.78 is 5.86. The van der Waals surface area contributed by atoms with Crippen molar-refractivity contribution in [3.63, 3.8) is 0 Å². The summed E-state index contributed by atoms with van der Waals surface area (Å²) in [4.78, 5) is 22.1. The van der Waals surface area contributed by atoms with E-state index in [-0.39, 0.29) is 17.9 Å². The molecular formula is C17H23N5O2. The van der Waals surface area contributed by atoms with Gasteiger partial charge in [0.2, 0.25) is 0 Å². The fourth-order valence-electron chi connectivity index (χ4n) is 3.49. The molecule has 1 aliphatic heterocycles. The summed E-state index contributed by atoms with van der Waals surface area (Å²) >= 11 is 0. The van der Waals surface area contributed by atoms with Crippen LogP contribution in [0.2, 0.25) is 0 Å². The number of aromatic nitrogens is 4. The minimum Gasteiger partial charge on any atom is -0.376 e. The molecule has 3 heterocycles. The van der Waals surface area contributed by atoms with E-state index in [2.05, 4.69) is 20.2 Å². The first-order valence-corrected chi connectivity index (χ1v) is 8.56. The number of H-pyrrole nitrogens is 2. The Bertz CT molecular complexity index is 733. The first-order chi connectivity index (χ1) is 11.6. The quantitative estimate of drug-likeness (QED) is 0.878. The maximum absolute atomic E-state index is 12.8. The van der Waals surface area contributed by atoms with Crippen LogP contribution in [0, 0.1) is 6.92 Å². The van der Waals surface area contributed by atoms with Gasteiger partial charge in [0.05, 0.1) is 12.0 Å². The zero-order valence-corrected chi connectivity index (χ0v) is 14.1. The number of hydrogen-bond donors (Lipinski definition) is 2. The molecule has 24 heavy (non-hydrogen) atoms. The van der Waals surface area contributed by atoms with Gasteiger partial charge in [-0.25, -0.2) is 4.98 Å². The van der Waals surface area contributed by atoms with Crippen molar-refractivity contribution in [1.29, 1.82) is 0 Å². The van der Waals surface area contributed by atoms with Crippen molar-refractivity contribution in [2.45, 2.75) is 44.1 Å². The third-order valence-corrected chi connectivity index (χ3v) is 4.97. The first-order valence-electron chi connectivity index (χ1n) is 8.56. The molecule has 2 atom stereocenters. The van der Waals surface area contributed by atoms with Gasteiger partial charge < -0.3 is 14.6 Å². The number of aryl methyl sites for hydroxylation is 1. The molecule has 1 aliphatic carbocycles. The fourth-order valence-corrected chi connectivity index (χ4v) is 3.49. The monoisotopic (exact) mass is 329 g/mol. The van der Waals surface area contributed by atoms with Crippen LogP contribution in [0.1, 0.15) is 58.8 Å². The molecule has 2 aromatic rings. The zero-order valence-electron chi connectivity index (χ0n) is 14.1. The Hall–Kier alpha value is -2.15. The Balaban J connectivity index is 1.45. The Morgan fingerprint density at radius 2 is 2.25 bits per heavy atom. The summed E-state index contributed by atoms with van der Waals surface area (Å²) in [5, 5.41) is 7.16. The van der Waals surface area contributed by atoms with Crippen molar-refractivity contribution in [3.05, 3.63) is 35.2 Å². The third kappa shape index (κ3) is 2.84. The van der Waals surface area contributed by atoms with Crippen LogP contribution in [-0.2, 0) is 4.74 Å². The average Bonchev–Trinajstić information content (AvgIpc) is 2.98. The number of aromatic amines is 2. The van der Waals surface area contributed by atoms with E-state index in [0.717, 1.165) is 29.3 Å². The van der Waals surface area contributed by atoms with Gasteiger partial charge in [-0.3, -0.25) is 9.89 Å². The van der Waals surface area contributed by atoms with Gasteiger partial charge in [0.15, 0.2) is 5.82 Å². The van der Waals surface area contributed by atoms with Crippen LogP contribution in [0.5, 0.6) is 0 Å². The number of ether oxygens (including phenoxy) is 1. The van der Waals surface area contributed by atoms with Crippen molar-refractivity contribution in [1.82, 2.24) is 25.1 Å². The standard InChI is InChI=1S/C17H23N5O2/c1-10-19-16(21-20-10)13-6-8-24-14(13)9-22(2)17(23)15-12(5-7-18-15)11-3-4-11/h5,7,11,13-14,18H,3-4,6,8-9H2,1-2H3,(H,19,20,21)/t13-,14-/m1/s1. The van der Waals surface area contributed by atoms with E-state index in [1.165, 1.54) is 12.8 Å². The smallest absolute Gasteiger partial charge is 0.270 e. The maximum Gasteiger partial charge on any atom is 0.270 e. The van der Waals surface area contributed by atoms with Crippen molar-refractivity contribution < 1.29 is 9.53 Å². The second kappa shape index (κ2) is 6.05. The predicted molar refractivity (Wildman–Crippen MR) is 87.9 cm³/mol. The van der Waals surface area contributed by atoms with E-state index < -0.39 is 0 Å². The van der Waals surface area contributed by atoms with Gasteiger partial charge in [-0.05, 0) is 43.7 Å². The summed E-state index contributed by atoms with van der Waals surface area (Å²) in [6.07, 6.45) is 5.05. The van der Waals surface area contributed by atoms with Gasteiger partial charge in [-0.2, -0.15) is 5.10 Å². The zero-order chi connectivity index (χ0) is 16.7. The highest BCUT2D eigenvalue weighted by Crippen LogP contribution is 2.41. The summed E-state index contributed by atoms with van der Waals surface area (Å²) in [6.45, 7) is 3.11. The van der Waals surface area contributed by atoms with Gasteiger partial charge in [-0.1, -0.05) is 0 Å². The third-order valence-electron chi connectivity index (χ3n) is 4.97. The van der Waals surface area contributed by atoms with Crippen molar-refractivity contribution >= 4 is 5.91 Å². The molecule has 2 aromatic heterocycles. The fraction of sp³-hybridized carbons (Fsp3) is 0.588. The van der Waals surface area contributed by atoms with Gasteiger partial charge in [0, 0.05) is 26.4 Å². The van der Waals surface area contributed by atoms with Crippen LogP contribution in [-0.4, -0.2) is 57.3 Å². The van der Waals surface area contributed by atoms with Crippen LogP contribution in [0.4, 0.5) is 0 Å². The van der Waals surface area contributed by atoms with Gasteiger partial charge in [0.25, 0.3) is 5.91 Å². The predicted octanol–water partition coefficient (Wildman–Crippen LogP) is 1.96. The lowest BCUT2D eigenvalue weighted by Crippen LogP contribution is -2.37. The molecule has 2 N–H and O–H groups in total. The van der Waals surface area contributed by atoms with Gasteiger partial charge in [0.1, 0.15) is 11.5 Å². The lowest BCUT2D eigenvalue weighted by molar-refractivity contribution is 0.0546. The van der Waals surface area contributed by atoms with Crippen molar-refractivity contribution in [2.24, 2.45) is 0 Å². The molecule has 2 fully saturated rings. The second-order valence-corrected chi connectivity index (χ2v) is 6.85. The molecule has 1 amide bonds. The van der Waals surface area contributed by atoms with Crippen LogP contribution >= 0.6 is 0 Å². The van der Waals surface area contributed by atoms with Gasteiger partial charge >= 0.3 is 0 Å². The highest BCUT2D eigenvalue weighted by Gasteiger charge is 2.35. The number of carbonyl (C=O) groups excluding carboxylic acids is 1. The van der Waals surface area contributed by atoms with Crippen molar-refractivity contribution in [2.75, 3.05) is 20.2 Å². The van der Waals surface area contributed by atoms with Crippen LogP contribution in [0.25, 0.3) is 0 Å². The topological polar surface area (TPSA) is 86.9 Å². The summed E-state index contributed by atoms with van der Waals surface area (Å²) in [5.74, 6) is 2.31. The van der Waals surface area contributed by atoms with E-state index in [4.69, 9.17) is 4.74 Å². The van der Waals surface area contributed by atoms with Gasteiger partial charge in [-0.15, -0.1) is 0 Å². The Morgan fingerprint density at radius 1 is 1.42 bits per heavy atom. The van der Waals surface area contributed by atoms with E-state index in [9.17, 15) is 4.79 Å². The van der Waals surface area contributed by atoms with Crippen LogP contribution in [0.15, 0.2) is 12.3 Å². The highest BCUT2D eigenvalue weighted by molar-refractivity contribution is 5.94. The summed E-state index contributed by atoms with van der Waals surface area (Å²) in [7, 11) is 1.84. The number of likely N-dealkylation sites (N-methyl/N-ethyl adjacent to an activating group) is 1. The molecule has 1 saturated carbocycles. The molecule has 7 nitrogen and oxygen atoms in total. The molecule has 0 aromatic carbocycles. The van der Waals surface area contributed by atoms with E-state index in [1.807, 2.05) is 26.2 Å². The molecule has 0 bridgehead atoms. The van der Waals surface area contributed by atoms with E-state index in [1.54, 1.807) is 4.90 Å². The number of amides is 1. The molecule has 4 rings (SSSR count). The number of rotatable bonds is 5. The first kappa shape index (κ1) is 15.4. The lowest BCUT2D eigenvalue weighted by Gasteiger charge is -2.24. The normalized spacial score (nSPS) is 23.6. The lowest BCUT2D eigenvalue weighted by atomic mass is 10.00. The molecule has 0 unspecified atom stereocenters. The molecule has 0 spiro atoms. The summed E-state index contributed by atoms with van der Waals surface area (Å²) in [5.41, 5.74) is 1.88. The Morgan fingerprint density at radius 3 is 2.96 bits per heavy atom. The van der Waals surface area contributed by atoms with Crippen LogP contribution in [0.3, 0.4) is 0 Å².